The maximum atomic E-state index is 12.4. The molecule has 0 aliphatic rings. The van der Waals surface area contributed by atoms with Crippen molar-refractivity contribution in [2.75, 3.05) is 0 Å². The molecule has 2 N–H and O–H groups in total. The van der Waals surface area contributed by atoms with Gasteiger partial charge < -0.3 is 5.73 Å². The van der Waals surface area contributed by atoms with E-state index in [2.05, 4.69) is 10.1 Å². The van der Waals surface area contributed by atoms with Crippen molar-refractivity contribution in [3.63, 3.8) is 0 Å². The molecule has 0 saturated carbocycles. The third-order valence-electron chi connectivity index (χ3n) is 2.15. The van der Waals surface area contributed by atoms with Gasteiger partial charge in [0, 0.05) is 30.1 Å². The Morgan fingerprint density at radius 1 is 1.44 bits per heavy atom. The standard InChI is InChI=1S/C9H9F3N4/c1-5(13)6-3-14-8-2-7(9(10,11)12)15-16(8)4-6/h2-5H,13H2,1H3. The van der Waals surface area contributed by atoms with Gasteiger partial charge in [-0.05, 0) is 6.92 Å². The molecular weight excluding hydrogens is 221 g/mol. The van der Waals surface area contributed by atoms with Crippen LogP contribution in [-0.2, 0) is 6.18 Å². The van der Waals surface area contributed by atoms with Crippen LogP contribution in [0.4, 0.5) is 13.2 Å². The van der Waals surface area contributed by atoms with E-state index in [1.807, 2.05) is 0 Å². The minimum absolute atomic E-state index is 0.150. The van der Waals surface area contributed by atoms with Crippen LogP contribution >= 0.6 is 0 Å². The fraction of sp³-hybridized carbons (Fsp3) is 0.333. The summed E-state index contributed by atoms with van der Waals surface area (Å²) in [7, 11) is 0. The van der Waals surface area contributed by atoms with Crippen LogP contribution in [0.15, 0.2) is 18.5 Å². The summed E-state index contributed by atoms with van der Waals surface area (Å²) in [6.45, 7) is 1.72. The summed E-state index contributed by atoms with van der Waals surface area (Å²) in [6.07, 6.45) is -1.56. The zero-order valence-electron chi connectivity index (χ0n) is 8.36. The van der Waals surface area contributed by atoms with Gasteiger partial charge in [0.1, 0.15) is 0 Å². The summed E-state index contributed by atoms with van der Waals surface area (Å²) < 4.78 is 38.2. The van der Waals surface area contributed by atoms with Crippen LogP contribution in [0.1, 0.15) is 24.2 Å². The van der Waals surface area contributed by atoms with Crippen LogP contribution in [0.25, 0.3) is 5.65 Å². The average molecular weight is 230 g/mol. The highest BCUT2D eigenvalue weighted by atomic mass is 19.4. The number of hydrogen-bond acceptors (Lipinski definition) is 3. The van der Waals surface area contributed by atoms with Crippen molar-refractivity contribution in [2.24, 2.45) is 5.73 Å². The molecule has 86 valence electrons. The van der Waals surface area contributed by atoms with Gasteiger partial charge in [-0.25, -0.2) is 9.50 Å². The molecule has 1 atom stereocenters. The van der Waals surface area contributed by atoms with Crippen molar-refractivity contribution in [2.45, 2.75) is 19.1 Å². The van der Waals surface area contributed by atoms with E-state index >= 15 is 0 Å². The average Bonchev–Trinajstić information content (AvgIpc) is 2.58. The van der Waals surface area contributed by atoms with Crippen LogP contribution in [0.2, 0.25) is 0 Å². The van der Waals surface area contributed by atoms with Crippen LogP contribution in [-0.4, -0.2) is 14.6 Å². The lowest BCUT2D eigenvalue weighted by atomic mass is 10.2. The molecule has 7 heteroatoms. The first kappa shape index (κ1) is 10.9. The van der Waals surface area contributed by atoms with E-state index in [4.69, 9.17) is 5.73 Å². The van der Waals surface area contributed by atoms with Gasteiger partial charge in [0.05, 0.1) is 0 Å². The molecule has 0 radical (unpaired) electrons. The van der Waals surface area contributed by atoms with E-state index < -0.39 is 11.9 Å². The minimum Gasteiger partial charge on any atom is -0.324 e. The summed E-state index contributed by atoms with van der Waals surface area (Å²) in [5, 5.41) is 3.40. The number of rotatable bonds is 1. The third kappa shape index (κ3) is 1.85. The maximum absolute atomic E-state index is 12.4. The number of fused-ring (bicyclic) bond motifs is 1. The second-order valence-electron chi connectivity index (χ2n) is 3.51. The van der Waals surface area contributed by atoms with E-state index in [-0.39, 0.29) is 11.7 Å². The van der Waals surface area contributed by atoms with E-state index in [0.29, 0.717) is 5.56 Å². The fourth-order valence-electron chi connectivity index (χ4n) is 1.26. The molecule has 16 heavy (non-hydrogen) atoms. The number of aromatic nitrogens is 3. The molecule has 2 aromatic heterocycles. The highest BCUT2D eigenvalue weighted by Crippen LogP contribution is 2.28. The summed E-state index contributed by atoms with van der Waals surface area (Å²) in [6, 6.07) is 0.598. The molecule has 0 amide bonds. The summed E-state index contributed by atoms with van der Waals surface area (Å²) in [4.78, 5) is 3.86. The van der Waals surface area contributed by atoms with E-state index in [1.54, 1.807) is 6.92 Å². The first-order chi connectivity index (χ1) is 7.38. The normalized spacial score (nSPS) is 14.3. The molecule has 1 unspecified atom stereocenters. The number of alkyl halides is 3. The molecule has 0 aliphatic heterocycles. The van der Waals surface area contributed by atoms with Crippen LogP contribution in [0, 0.1) is 0 Å². The second-order valence-corrected chi connectivity index (χ2v) is 3.51. The first-order valence-electron chi connectivity index (χ1n) is 4.56. The van der Waals surface area contributed by atoms with Crippen molar-refractivity contribution in [1.29, 1.82) is 0 Å². The minimum atomic E-state index is -4.46. The molecule has 2 aromatic rings. The first-order valence-corrected chi connectivity index (χ1v) is 4.56. The highest BCUT2D eigenvalue weighted by Gasteiger charge is 2.34. The molecule has 2 heterocycles. The second kappa shape index (κ2) is 3.44. The molecule has 0 spiro atoms. The molecule has 2 rings (SSSR count). The van der Waals surface area contributed by atoms with Gasteiger partial charge in [0.25, 0.3) is 0 Å². The van der Waals surface area contributed by atoms with Crippen LogP contribution < -0.4 is 5.73 Å². The van der Waals surface area contributed by atoms with Gasteiger partial charge in [-0.15, -0.1) is 0 Å². The summed E-state index contributed by atoms with van der Waals surface area (Å²) in [5.41, 5.74) is 5.42. The van der Waals surface area contributed by atoms with Gasteiger partial charge in [0.2, 0.25) is 0 Å². The Kier molecular flexibility index (Phi) is 2.34. The van der Waals surface area contributed by atoms with Crippen molar-refractivity contribution in [3.05, 3.63) is 29.7 Å². The van der Waals surface area contributed by atoms with E-state index in [9.17, 15) is 13.2 Å². The van der Waals surface area contributed by atoms with Crippen molar-refractivity contribution in [3.8, 4) is 0 Å². The van der Waals surface area contributed by atoms with Crippen molar-refractivity contribution in [1.82, 2.24) is 14.6 Å². The Balaban J connectivity index is 2.54. The Morgan fingerprint density at radius 3 is 2.69 bits per heavy atom. The number of nitrogens with zero attached hydrogens (tertiary/aromatic N) is 3. The van der Waals surface area contributed by atoms with Gasteiger partial charge in [-0.3, -0.25) is 0 Å². The number of nitrogens with two attached hydrogens (primary N) is 1. The molecule has 0 fully saturated rings. The van der Waals surface area contributed by atoms with Gasteiger partial charge in [-0.1, -0.05) is 0 Å². The van der Waals surface area contributed by atoms with Gasteiger partial charge in [-0.2, -0.15) is 18.3 Å². The number of halogens is 3. The number of hydrogen-bond donors (Lipinski definition) is 1. The molecule has 0 aliphatic carbocycles. The topological polar surface area (TPSA) is 56.2 Å². The smallest absolute Gasteiger partial charge is 0.324 e. The molecule has 4 nitrogen and oxygen atoms in total. The third-order valence-corrected chi connectivity index (χ3v) is 2.15. The Bertz CT molecular complexity index is 515. The van der Waals surface area contributed by atoms with Crippen molar-refractivity contribution < 1.29 is 13.2 Å². The fourth-order valence-corrected chi connectivity index (χ4v) is 1.26. The molecule has 0 saturated heterocycles. The van der Waals surface area contributed by atoms with Crippen molar-refractivity contribution >= 4 is 5.65 Å². The zero-order valence-corrected chi connectivity index (χ0v) is 8.36. The van der Waals surface area contributed by atoms with Crippen LogP contribution in [0.3, 0.4) is 0 Å². The summed E-state index contributed by atoms with van der Waals surface area (Å²) >= 11 is 0. The molecule has 0 aromatic carbocycles. The van der Waals surface area contributed by atoms with Gasteiger partial charge >= 0.3 is 6.18 Å². The summed E-state index contributed by atoms with van der Waals surface area (Å²) in [5.74, 6) is 0. The predicted molar refractivity (Wildman–Crippen MR) is 50.6 cm³/mol. The Morgan fingerprint density at radius 2 is 2.12 bits per heavy atom. The molecule has 0 bridgehead atoms. The highest BCUT2D eigenvalue weighted by molar-refractivity contribution is 5.40. The van der Waals surface area contributed by atoms with E-state index in [0.717, 1.165) is 10.6 Å². The lowest BCUT2D eigenvalue weighted by molar-refractivity contribution is -0.141. The quantitative estimate of drug-likeness (QED) is 0.812. The maximum Gasteiger partial charge on any atom is 0.435 e. The molecular formula is C9H9F3N4. The van der Waals surface area contributed by atoms with E-state index in [1.165, 1.54) is 12.4 Å². The largest absolute Gasteiger partial charge is 0.435 e. The lowest BCUT2D eigenvalue weighted by Gasteiger charge is -2.04. The monoisotopic (exact) mass is 230 g/mol. The van der Waals surface area contributed by atoms with Gasteiger partial charge in [0.15, 0.2) is 11.3 Å². The predicted octanol–water partition coefficient (Wildman–Crippen LogP) is 1.77. The SMILES string of the molecule is CC(N)c1cnc2cc(C(F)(F)F)nn2c1. The zero-order chi connectivity index (χ0) is 11.9. The Hall–Kier alpha value is -1.63. The Labute approximate surface area is 88.9 Å². The van der Waals surface area contributed by atoms with Crippen LogP contribution in [0.5, 0.6) is 0 Å². The lowest BCUT2D eigenvalue weighted by Crippen LogP contribution is -2.08.